The molecule has 118 valence electrons. The van der Waals surface area contributed by atoms with Gasteiger partial charge in [-0.05, 0) is 50.5 Å². The lowest BCUT2D eigenvalue weighted by Gasteiger charge is -2.33. The molecule has 1 N–H and O–H groups in total. The molecule has 1 fully saturated rings. The Bertz CT molecular complexity index is 592. The monoisotopic (exact) mass is 313 g/mol. The van der Waals surface area contributed by atoms with E-state index in [-0.39, 0.29) is 6.54 Å². The summed E-state index contributed by atoms with van der Waals surface area (Å²) in [6, 6.07) is 5.13. The normalized spacial score (nSPS) is 18.6. The van der Waals surface area contributed by atoms with Gasteiger partial charge in [0, 0.05) is 13.0 Å². The van der Waals surface area contributed by atoms with Crippen LogP contribution in [0.2, 0.25) is 0 Å². The molecule has 1 aromatic carbocycles. The number of benzene rings is 1. The van der Waals surface area contributed by atoms with Gasteiger partial charge < -0.3 is 9.47 Å². The largest absolute Gasteiger partial charge is 0.350 e. The highest BCUT2D eigenvalue weighted by Gasteiger charge is 2.29. The Kier molecular flexibility index (Phi) is 5.03. The van der Waals surface area contributed by atoms with Crippen LogP contribution in [-0.2, 0) is 19.5 Å². The third-order valence-corrected chi connectivity index (χ3v) is 5.22. The molecule has 1 aliphatic heterocycles. The van der Waals surface area contributed by atoms with Crippen molar-refractivity contribution >= 4 is 10.0 Å². The Balaban J connectivity index is 1.96. The van der Waals surface area contributed by atoms with Gasteiger partial charge in [-0.2, -0.15) is 0 Å². The van der Waals surface area contributed by atoms with Crippen molar-refractivity contribution in [2.24, 2.45) is 0 Å². The van der Waals surface area contributed by atoms with E-state index in [0.29, 0.717) is 24.5 Å². The van der Waals surface area contributed by atoms with E-state index in [1.165, 1.54) is 0 Å². The van der Waals surface area contributed by atoms with Gasteiger partial charge in [-0.15, -0.1) is 0 Å². The Morgan fingerprint density at radius 3 is 2.48 bits per heavy atom. The van der Waals surface area contributed by atoms with Crippen molar-refractivity contribution in [3.63, 3.8) is 0 Å². The zero-order valence-electron chi connectivity index (χ0n) is 12.8. The predicted molar refractivity (Wildman–Crippen MR) is 80.6 cm³/mol. The summed E-state index contributed by atoms with van der Waals surface area (Å²) in [6.45, 7) is 7.29. The van der Waals surface area contributed by atoms with Crippen molar-refractivity contribution in [2.45, 2.75) is 44.3 Å². The predicted octanol–water partition coefficient (Wildman–Crippen LogP) is 2.12. The number of nitrogens with one attached hydrogen (secondary N) is 1. The van der Waals surface area contributed by atoms with Crippen LogP contribution >= 0.6 is 0 Å². The lowest BCUT2D eigenvalue weighted by Crippen LogP contribution is -2.40. The van der Waals surface area contributed by atoms with E-state index >= 15 is 0 Å². The fourth-order valence-electron chi connectivity index (χ4n) is 2.20. The number of hydrogen-bond donors (Lipinski definition) is 1. The van der Waals surface area contributed by atoms with Crippen LogP contribution in [-0.4, -0.2) is 34.0 Å². The van der Waals surface area contributed by atoms with E-state index in [1.807, 2.05) is 26.8 Å². The molecule has 0 atom stereocenters. The number of hydrogen-bond acceptors (Lipinski definition) is 4. The van der Waals surface area contributed by atoms with Crippen molar-refractivity contribution in [1.29, 1.82) is 0 Å². The molecule has 5 nitrogen and oxygen atoms in total. The molecule has 0 amide bonds. The van der Waals surface area contributed by atoms with Crippen LogP contribution in [0.4, 0.5) is 0 Å². The summed E-state index contributed by atoms with van der Waals surface area (Å²) in [7, 11) is -3.49. The third kappa shape index (κ3) is 4.26. The second kappa shape index (κ2) is 6.44. The van der Waals surface area contributed by atoms with Crippen molar-refractivity contribution in [1.82, 2.24) is 4.72 Å². The van der Waals surface area contributed by atoms with Gasteiger partial charge in [0.2, 0.25) is 10.0 Å². The highest BCUT2D eigenvalue weighted by molar-refractivity contribution is 7.89. The van der Waals surface area contributed by atoms with E-state index < -0.39 is 15.8 Å². The molecule has 0 unspecified atom stereocenters. The van der Waals surface area contributed by atoms with E-state index in [9.17, 15) is 8.42 Å². The minimum atomic E-state index is -3.49. The molecule has 21 heavy (non-hydrogen) atoms. The fraction of sp³-hybridized carbons (Fsp3) is 0.600. The molecule has 1 heterocycles. The van der Waals surface area contributed by atoms with E-state index in [0.717, 1.165) is 17.5 Å². The smallest absolute Gasteiger partial charge is 0.240 e. The van der Waals surface area contributed by atoms with Crippen LogP contribution in [0, 0.1) is 13.8 Å². The molecule has 6 heteroatoms. The van der Waals surface area contributed by atoms with Gasteiger partial charge in [-0.1, -0.05) is 6.07 Å². The Morgan fingerprint density at radius 1 is 1.19 bits per heavy atom. The maximum absolute atomic E-state index is 12.2. The highest BCUT2D eigenvalue weighted by atomic mass is 32.2. The average molecular weight is 313 g/mol. The first-order valence-corrected chi connectivity index (χ1v) is 8.66. The van der Waals surface area contributed by atoms with Crippen molar-refractivity contribution in [3.05, 3.63) is 29.3 Å². The minimum absolute atomic E-state index is 0.283. The van der Waals surface area contributed by atoms with Gasteiger partial charge in [-0.3, -0.25) is 0 Å². The van der Waals surface area contributed by atoms with E-state index in [4.69, 9.17) is 9.47 Å². The Hall–Kier alpha value is -0.950. The van der Waals surface area contributed by atoms with Crippen LogP contribution < -0.4 is 4.72 Å². The lowest BCUT2D eigenvalue weighted by atomic mass is 10.1. The summed E-state index contributed by atoms with van der Waals surface area (Å²) in [5.41, 5.74) is 2.04. The molecule has 0 aliphatic carbocycles. The van der Waals surface area contributed by atoms with Gasteiger partial charge in [0.15, 0.2) is 5.79 Å². The summed E-state index contributed by atoms with van der Waals surface area (Å²) >= 11 is 0. The lowest BCUT2D eigenvalue weighted by molar-refractivity contribution is -0.257. The first-order valence-electron chi connectivity index (χ1n) is 7.17. The van der Waals surface area contributed by atoms with Crippen LogP contribution in [0.25, 0.3) is 0 Å². The molecule has 0 aromatic heterocycles. The maximum atomic E-state index is 12.2. The quantitative estimate of drug-likeness (QED) is 0.904. The Morgan fingerprint density at radius 2 is 1.86 bits per heavy atom. The molecule has 0 radical (unpaired) electrons. The zero-order chi connectivity index (χ0) is 15.5. The summed E-state index contributed by atoms with van der Waals surface area (Å²) in [5, 5.41) is 0. The van der Waals surface area contributed by atoms with Crippen LogP contribution in [0.5, 0.6) is 0 Å². The molecular weight excluding hydrogens is 290 g/mol. The molecular formula is C15H23NO4S. The summed E-state index contributed by atoms with van der Waals surface area (Å²) in [4.78, 5) is 0.293. The van der Waals surface area contributed by atoms with E-state index in [2.05, 4.69) is 4.72 Å². The molecule has 0 spiro atoms. The molecule has 0 saturated carbocycles. The van der Waals surface area contributed by atoms with Crippen molar-refractivity contribution < 1.29 is 17.9 Å². The fourth-order valence-corrected chi connectivity index (χ4v) is 3.31. The van der Waals surface area contributed by atoms with E-state index in [1.54, 1.807) is 12.1 Å². The van der Waals surface area contributed by atoms with Gasteiger partial charge in [0.1, 0.15) is 0 Å². The van der Waals surface area contributed by atoms with Crippen LogP contribution in [0.15, 0.2) is 23.1 Å². The maximum Gasteiger partial charge on any atom is 0.240 e. The first kappa shape index (κ1) is 16.4. The summed E-state index contributed by atoms with van der Waals surface area (Å²) in [5.74, 6) is -0.691. The van der Waals surface area contributed by atoms with Gasteiger partial charge in [0.05, 0.1) is 18.1 Å². The minimum Gasteiger partial charge on any atom is -0.350 e. The second-order valence-electron chi connectivity index (χ2n) is 5.58. The topological polar surface area (TPSA) is 64.6 Å². The molecule has 1 aromatic rings. The number of aryl methyl sites for hydroxylation is 2. The van der Waals surface area contributed by atoms with Gasteiger partial charge in [-0.25, -0.2) is 13.1 Å². The summed E-state index contributed by atoms with van der Waals surface area (Å²) in [6.07, 6.45) is 1.36. The van der Waals surface area contributed by atoms with Crippen molar-refractivity contribution in [3.8, 4) is 0 Å². The number of ether oxygens (including phenoxy) is 2. The molecule has 1 saturated heterocycles. The van der Waals surface area contributed by atoms with Crippen LogP contribution in [0.1, 0.15) is 30.9 Å². The van der Waals surface area contributed by atoms with Crippen LogP contribution in [0.3, 0.4) is 0 Å². The molecule has 1 aliphatic rings. The number of rotatable bonds is 5. The zero-order valence-corrected chi connectivity index (χ0v) is 13.6. The average Bonchev–Trinajstić information content (AvgIpc) is 2.42. The standard InChI is InChI=1S/C15H23NO4S/c1-12-5-6-14(11-13(12)2)21(17,18)16-8-7-15(3)19-9-4-10-20-15/h5-6,11,16H,4,7-10H2,1-3H3. The summed E-state index contributed by atoms with van der Waals surface area (Å²) < 4.78 is 38.2. The number of sulfonamides is 1. The molecule has 0 bridgehead atoms. The van der Waals surface area contributed by atoms with Gasteiger partial charge in [0.25, 0.3) is 0 Å². The van der Waals surface area contributed by atoms with Crippen molar-refractivity contribution in [2.75, 3.05) is 19.8 Å². The third-order valence-electron chi connectivity index (χ3n) is 3.76. The SMILES string of the molecule is Cc1ccc(S(=O)(=O)NCCC2(C)OCCCO2)cc1C. The first-order chi connectivity index (χ1) is 9.82. The highest BCUT2D eigenvalue weighted by Crippen LogP contribution is 2.22. The second-order valence-corrected chi connectivity index (χ2v) is 7.35. The Labute approximate surface area is 126 Å². The van der Waals surface area contributed by atoms with Gasteiger partial charge >= 0.3 is 0 Å². The molecule has 2 rings (SSSR count).